The van der Waals surface area contributed by atoms with Gasteiger partial charge in [0.05, 0.1) is 37.8 Å². The SMILES string of the molecule is C[C@@H](NC(=O)c1ccc(NNC(=O)CCCNC(=O)CN2CCN3CC(=O)O[C-](CN(CC(=O)O)CCN4CC(=O)O[C-](C2)C4)C3)cc1)C(=O)N1CCC[C@H]1B(O)O.[Gd+2]. The van der Waals surface area contributed by atoms with Gasteiger partial charge in [0.1, 0.15) is 6.04 Å². The number of benzene rings is 1. The fraction of sp³-hybridized carbons (Fsp3) is 0.583. The molecular weight excluding hydrogens is 919 g/mol. The zero-order valence-corrected chi connectivity index (χ0v) is 35.1. The largest absolute Gasteiger partial charge is 2.00 e. The van der Waals surface area contributed by atoms with Gasteiger partial charge in [-0.25, -0.2) is 0 Å². The number of hydrogen-bond donors (Lipinski definition) is 7. The summed E-state index contributed by atoms with van der Waals surface area (Å²) in [4.78, 5) is 96.0. The first kappa shape index (κ1) is 48.1. The van der Waals surface area contributed by atoms with Crippen LogP contribution in [-0.4, -0.2) is 192 Å². The predicted molar refractivity (Wildman–Crippen MR) is 204 cm³/mol. The van der Waals surface area contributed by atoms with Crippen molar-refractivity contribution in [3.8, 4) is 0 Å². The number of aliphatic carboxylic acids is 1. The second kappa shape index (κ2) is 23.5. The van der Waals surface area contributed by atoms with Gasteiger partial charge in [0.15, 0.2) is 0 Å². The Morgan fingerprint density at radius 1 is 0.847 bits per heavy atom. The number of carboxylic acid groups (broad SMARTS) is 1. The summed E-state index contributed by atoms with van der Waals surface area (Å²) in [6.07, 6.45) is 2.42. The van der Waals surface area contributed by atoms with Crippen LogP contribution in [0.25, 0.3) is 0 Å². The van der Waals surface area contributed by atoms with Gasteiger partial charge < -0.3 is 59.8 Å². The molecule has 324 valence electrons. The fourth-order valence-electron chi connectivity index (χ4n) is 7.20. The van der Waals surface area contributed by atoms with Crippen LogP contribution in [0.15, 0.2) is 24.3 Å². The number of morpholine rings is 2. The van der Waals surface area contributed by atoms with E-state index in [2.05, 4.69) is 21.5 Å². The van der Waals surface area contributed by atoms with Crippen molar-refractivity contribution in [2.24, 2.45) is 0 Å². The molecule has 4 aliphatic heterocycles. The second-order valence-electron chi connectivity index (χ2n) is 14.8. The molecule has 2 unspecified atom stereocenters. The van der Waals surface area contributed by atoms with Gasteiger partial charge in [0.25, 0.3) is 17.8 Å². The molecule has 5 rings (SSSR count). The minimum atomic E-state index is -1.65. The van der Waals surface area contributed by atoms with Crippen molar-refractivity contribution in [3.05, 3.63) is 42.0 Å². The van der Waals surface area contributed by atoms with E-state index in [1.807, 2.05) is 14.7 Å². The Hall–Kier alpha value is -3.54. The van der Waals surface area contributed by atoms with E-state index in [1.165, 1.54) is 24.0 Å². The van der Waals surface area contributed by atoms with Gasteiger partial charge in [0.2, 0.25) is 17.7 Å². The summed E-state index contributed by atoms with van der Waals surface area (Å²) in [5.74, 6) is -4.16. The van der Waals surface area contributed by atoms with E-state index < -0.39 is 48.8 Å². The number of carboxylic acids is 1. The first-order chi connectivity index (χ1) is 27.7. The fourth-order valence-corrected chi connectivity index (χ4v) is 7.20. The number of hydrazine groups is 1. The van der Waals surface area contributed by atoms with Crippen LogP contribution in [0.5, 0.6) is 0 Å². The number of esters is 2. The number of likely N-dealkylation sites (tertiary alicyclic amines) is 1. The zero-order chi connectivity index (χ0) is 41.8. The number of fused-ring (bicyclic) bond motifs is 4. The number of nitrogens with one attached hydrogen (secondary N) is 4. The molecule has 1 aromatic carbocycles. The maximum absolute atomic E-state index is 13.0. The molecule has 0 spiro atoms. The first-order valence-electron chi connectivity index (χ1n) is 19.3. The molecule has 4 aliphatic rings. The van der Waals surface area contributed by atoms with Crippen molar-refractivity contribution in [1.82, 2.24) is 40.6 Å². The second-order valence-corrected chi connectivity index (χ2v) is 14.8. The standard InChI is InChI=1S/C36H52BN9O12.Gd/c1-24(36(54)46-11-3-4-29(46)37(55)56)39-35(53)25-6-8-26(9-7-25)40-41-30(47)5-2-10-38-31(48)20-42-12-14-44-19-28(58-34(52)22-44)17-43(21-32(49)50)13-15-45-18-27(16-42)57-33(51)23-45;/h6-9,24,29,40,55-56H,2-5,10-23H2,1H3,(H,38,48)(H,39,53)(H,41,47)(H,49,50);/q-2;+2/t24-,29+;/m1./s1. The molecule has 0 aromatic heterocycles. The van der Waals surface area contributed by atoms with E-state index >= 15 is 0 Å². The maximum atomic E-state index is 13.0. The number of rotatable bonds is 14. The Bertz CT molecular complexity index is 1650. The third-order valence-corrected chi connectivity index (χ3v) is 10.1. The summed E-state index contributed by atoms with van der Waals surface area (Å²) in [6, 6.07) is 5.32. The van der Waals surface area contributed by atoms with Gasteiger partial charge in [-0.2, -0.15) is 0 Å². The maximum Gasteiger partial charge on any atom is 2.00 e. The molecule has 7 N–H and O–H groups in total. The monoisotopic (exact) mass is 971 g/mol. The molecule has 4 heterocycles. The molecule has 4 bridgehead atoms. The summed E-state index contributed by atoms with van der Waals surface area (Å²) in [5.41, 5.74) is 6.12. The number of anilines is 1. The van der Waals surface area contributed by atoms with Crippen LogP contribution in [0.4, 0.5) is 5.69 Å². The van der Waals surface area contributed by atoms with E-state index in [0.29, 0.717) is 83.0 Å². The third kappa shape index (κ3) is 15.5. The quantitative estimate of drug-likeness (QED) is 0.0316. The molecule has 23 heteroatoms. The molecule has 4 fully saturated rings. The normalized spacial score (nSPS) is 22.7. The van der Waals surface area contributed by atoms with Crippen molar-refractivity contribution in [2.45, 2.75) is 44.6 Å². The molecule has 4 amide bonds. The molecule has 0 aliphatic carbocycles. The summed E-state index contributed by atoms with van der Waals surface area (Å²) in [5, 5.41) is 34.0. The van der Waals surface area contributed by atoms with Gasteiger partial charge in [-0.3, -0.25) is 44.4 Å². The topological polar surface area (TPSA) is 263 Å². The minimum absolute atomic E-state index is 0. The van der Waals surface area contributed by atoms with Crippen LogP contribution in [0.2, 0.25) is 0 Å². The van der Waals surface area contributed by atoms with E-state index in [1.54, 1.807) is 17.0 Å². The Labute approximate surface area is 374 Å². The number of carbonyl (C=O) groups is 7. The number of carbonyl (C=O) groups excluding carboxylic acids is 6. The van der Waals surface area contributed by atoms with Crippen LogP contribution in [0.3, 0.4) is 0 Å². The van der Waals surface area contributed by atoms with Crippen LogP contribution in [-0.2, 0) is 38.2 Å². The Kier molecular flexibility index (Phi) is 19.1. The molecule has 4 saturated heterocycles. The van der Waals surface area contributed by atoms with Gasteiger partial charge in [-0.15, -0.1) is 12.2 Å². The molecule has 21 nitrogen and oxygen atoms in total. The first-order valence-corrected chi connectivity index (χ1v) is 19.3. The Morgan fingerprint density at radius 3 is 2.02 bits per heavy atom. The number of amides is 4. The summed E-state index contributed by atoms with van der Waals surface area (Å²) >= 11 is 0. The molecule has 1 aromatic rings. The van der Waals surface area contributed by atoms with Gasteiger partial charge in [-0.05, 0) is 50.5 Å². The number of ether oxygens (including phenoxy) is 2. The molecule has 4 atom stereocenters. The van der Waals surface area contributed by atoms with Gasteiger partial charge in [0, 0.05) is 51.3 Å². The summed E-state index contributed by atoms with van der Waals surface area (Å²) < 4.78 is 11.0. The predicted octanol–water partition coefficient (Wildman–Crippen LogP) is -3.37. The van der Waals surface area contributed by atoms with Gasteiger partial charge in [-0.1, -0.05) is 26.2 Å². The Balaban J connectivity index is 0.00000769. The van der Waals surface area contributed by atoms with Crippen molar-refractivity contribution in [3.63, 3.8) is 0 Å². The summed E-state index contributed by atoms with van der Waals surface area (Å²) in [7, 11) is -1.65. The smallest absolute Gasteiger partial charge is 0.631 e. The van der Waals surface area contributed by atoms with Crippen LogP contribution in [0.1, 0.15) is 43.0 Å². The van der Waals surface area contributed by atoms with E-state index in [-0.39, 0.29) is 110 Å². The third-order valence-electron chi connectivity index (χ3n) is 10.1. The molecule has 0 radical (unpaired) electrons. The van der Waals surface area contributed by atoms with Crippen LogP contribution < -0.4 is 21.5 Å². The molecule has 0 saturated carbocycles. The minimum Gasteiger partial charge on any atom is -0.631 e. The van der Waals surface area contributed by atoms with Crippen LogP contribution in [0, 0.1) is 52.1 Å². The number of hydrogen-bond acceptors (Lipinski definition) is 16. The van der Waals surface area contributed by atoms with Crippen molar-refractivity contribution in [1.29, 1.82) is 0 Å². The average molecular weight is 971 g/mol. The van der Waals surface area contributed by atoms with Crippen molar-refractivity contribution >= 4 is 54.3 Å². The zero-order valence-electron chi connectivity index (χ0n) is 32.9. The van der Waals surface area contributed by atoms with Crippen LogP contribution >= 0.6 is 0 Å². The van der Waals surface area contributed by atoms with E-state index in [4.69, 9.17) is 9.47 Å². The van der Waals surface area contributed by atoms with Crippen molar-refractivity contribution < 1.29 is 98.1 Å². The van der Waals surface area contributed by atoms with Crippen molar-refractivity contribution in [2.75, 3.05) is 97.1 Å². The Morgan fingerprint density at radius 2 is 1.44 bits per heavy atom. The van der Waals surface area contributed by atoms with Gasteiger partial charge >= 0.3 is 53.0 Å². The molecule has 59 heavy (non-hydrogen) atoms. The molecular formula is C36H52BGdN9O12. The number of nitrogens with zero attached hydrogens (tertiary/aromatic N) is 5. The van der Waals surface area contributed by atoms with E-state index in [0.717, 1.165) is 0 Å². The van der Waals surface area contributed by atoms with E-state index in [9.17, 15) is 48.7 Å². The summed E-state index contributed by atoms with van der Waals surface area (Å²) in [6.45, 7) is 4.28. The average Bonchev–Trinajstić information content (AvgIpc) is 3.67.